The summed E-state index contributed by atoms with van der Waals surface area (Å²) in [6, 6.07) is 6.87. The molecule has 0 radical (unpaired) electrons. The summed E-state index contributed by atoms with van der Waals surface area (Å²) in [6.07, 6.45) is 2.31. The third-order valence-corrected chi connectivity index (χ3v) is 6.65. The topological polar surface area (TPSA) is 67.3 Å². The van der Waals surface area contributed by atoms with Crippen LogP contribution in [0.1, 0.15) is 45.4 Å². The van der Waals surface area contributed by atoms with Crippen molar-refractivity contribution in [3.05, 3.63) is 51.5 Å². The SMILES string of the molecule is O=C1c2ccccc2CS(=O)(=O)N1Cc1csc(C2CC2)n1. The summed E-state index contributed by atoms with van der Waals surface area (Å²) in [6.45, 7) is 0.0265. The molecule has 0 unspecified atom stereocenters. The Labute approximate surface area is 132 Å². The smallest absolute Gasteiger partial charge is 0.268 e. The summed E-state index contributed by atoms with van der Waals surface area (Å²) in [5, 5.41) is 2.91. The van der Waals surface area contributed by atoms with Gasteiger partial charge in [0.2, 0.25) is 10.0 Å². The Morgan fingerprint density at radius 1 is 1.27 bits per heavy atom. The van der Waals surface area contributed by atoms with Crippen molar-refractivity contribution >= 4 is 27.3 Å². The zero-order valence-corrected chi connectivity index (χ0v) is 13.4. The minimum Gasteiger partial charge on any atom is -0.268 e. The van der Waals surface area contributed by atoms with Crippen molar-refractivity contribution in [2.24, 2.45) is 0 Å². The lowest BCUT2D eigenvalue weighted by molar-refractivity contribution is 0.0848. The maximum absolute atomic E-state index is 12.5. The number of benzene rings is 1. The van der Waals surface area contributed by atoms with Crippen LogP contribution in [0.2, 0.25) is 0 Å². The number of carbonyl (C=O) groups is 1. The van der Waals surface area contributed by atoms with Crippen molar-refractivity contribution in [2.45, 2.75) is 31.1 Å². The van der Waals surface area contributed by atoms with Crippen LogP contribution in [0.3, 0.4) is 0 Å². The molecule has 7 heteroatoms. The molecule has 1 aliphatic heterocycles. The van der Waals surface area contributed by atoms with E-state index in [4.69, 9.17) is 0 Å². The Morgan fingerprint density at radius 2 is 2.05 bits per heavy atom. The standard InChI is InChI=1S/C15H14N2O3S2/c18-15-13-4-2-1-3-11(13)9-22(19,20)17(15)7-12-8-21-14(16-12)10-5-6-10/h1-4,8,10H,5-7,9H2. The highest BCUT2D eigenvalue weighted by atomic mass is 32.2. The second-order valence-corrected chi connectivity index (χ2v) is 8.46. The molecule has 114 valence electrons. The Morgan fingerprint density at radius 3 is 2.82 bits per heavy atom. The third-order valence-electron chi connectivity index (χ3n) is 3.95. The molecule has 1 aromatic heterocycles. The van der Waals surface area contributed by atoms with Gasteiger partial charge in [0.05, 0.1) is 23.0 Å². The molecule has 0 saturated heterocycles. The van der Waals surface area contributed by atoms with Gasteiger partial charge < -0.3 is 0 Å². The summed E-state index contributed by atoms with van der Waals surface area (Å²) < 4.78 is 25.7. The highest BCUT2D eigenvalue weighted by Gasteiger charge is 2.36. The second kappa shape index (κ2) is 4.89. The molecule has 1 fully saturated rings. The number of sulfonamides is 1. The van der Waals surface area contributed by atoms with Crippen molar-refractivity contribution in [1.82, 2.24) is 9.29 Å². The summed E-state index contributed by atoms with van der Waals surface area (Å²) in [7, 11) is -3.63. The third kappa shape index (κ3) is 2.34. The van der Waals surface area contributed by atoms with Crippen LogP contribution in [-0.4, -0.2) is 23.6 Å². The summed E-state index contributed by atoms with van der Waals surface area (Å²) in [4.78, 5) is 17.0. The summed E-state index contributed by atoms with van der Waals surface area (Å²) in [5.74, 6) is -0.0508. The van der Waals surface area contributed by atoms with Gasteiger partial charge >= 0.3 is 0 Å². The Hall–Kier alpha value is -1.73. The van der Waals surface area contributed by atoms with Crippen LogP contribution in [0.5, 0.6) is 0 Å². The Balaban J connectivity index is 1.66. The average molecular weight is 334 g/mol. The minimum absolute atomic E-state index is 0.0265. The second-order valence-electron chi connectivity index (χ2n) is 5.68. The molecule has 22 heavy (non-hydrogen) atoms. The molecule has 0 N–H and O–H groups in total. The van der Waals surface area contributed by atoms with E-state index in [2.05, 4.69) is 4.98 Å². The van der Waals surface area contributed by atoms with Gasteiger partial charge in [0, 0.05) is 16.9 Å². The number of amides is 1. The fourth-order valence-electron chi connectivity index (χ4n) is 2.62. The van der Waals surface area contributed by atoms with Crippen molar-refractivity contribution in [3.8, 4) is 0 Å². The number of nitrogens with zero attached hydrogens (tertiary/aromatic N) is 2. The van der Waals surface area contributed by atoms with E-state index in [0.717, 1.165) is 22.2 Å². The molecular weight excluding hydrogens is 320 g/mol. The summed E-state index contributed by atoms with van der Waals surface area (Å²) >= 11 is 1.55. The van der Waals surface area contributed by atoms with Crippen LogP contribution in [-0.2, 0) is 22.3 Å². The molecule has 2 aromatic rings. The van der Waals surface area contributed by atoms with Crippen LogP contribution in [0, 0.1) is 0 Å². The largest absolute Gasteiger partial charge is 0.268 e. The van der Waals surface area contributed by atoms with Gasteiger partial charge in [-0.25, -0.2) is 17.7 Å². The van der Waals surface area contributed by atoms with Crippen molar-refractivity contribution in [1.29, 1.82) is 0 Å². The zero-order chi connectivity index (χ0) is 15.3. The minimum atomic E-state index is -3.63. The van der Waals surface area contributed by atoms with Gasteiger partial charge in [-0.3, -0.25) is 4.79 Å². The first kappa shape index (κ1) is 13.9. The number of hydrogen-bond donors (Lipinski definition) is 0. The van der Waals surface area contributed by atoms with Crippen molar-refractivity contribution < 1.29 is 13.2 Å². The molecule has 0 spiro atoms. The lowest BCUT2D eigenvalue weighted by Gasteiger charge is -2.27. The van der Waals surface area contributed by atoms with Crippen LogP contribution in [0.15, 0.2) is 29.6 Å². The fourth-order valence-corrected chi connectivity index (χ4v) is 5.08. The van der Waals surface area contributed by atoms with Crippen LogP contribution < -0.4 is 0 Å². The lowest BCUT2D eigenvalue weighted by atomic mass is 10.1. The van der Waals surface area contributed by atoms with Crippen molar-refractivity contribution in [3.63, 3.8) is 0 Å². The molecule has 2 heterocycles. The van der Waals surface area contributed by atoms with Gasteiger partial charge in [0.15, 0.2) is 0 Å². The van der Waals surface area contributed by atoms with E-state index in [9.17, 15) is 13.2 Å². The average Bonchev–Trinajstić information content (AvgIpc) is 3.23. The zero-order valence-electron chi connectivity index (χ0n) is 11.7. The molecule has 5 nitrogen and oxygen atoms in total. The van der Waals surface area contributed by atoms with E-state index < -0.39 is 15.9 Å². The predicted molar refractivity (Wildman–Crippen MR) is 83.0 cm³/mol. The number of thiazole rings is 1. The normalized spacial score (nSPS) is 20.0. The van der Waals surface area contributed by atoms with Gasteiger partial charge in [-0.1, -0.05) is 18.2 Å². The molecular formula is C15H14N2O3S2. The maximum atomic E-state index is 12.5. The highest BCUT2D eigenvalue weighted by Crippen LogP contribution is 2.41. The first-order valence-corrected chi connectivity index (χ1v) is 9.60. The Bertz CT molecular complexity index is 853. The predicted octanol–water partition coefficient (Wildman–Crippen LogP) is 2.51. The van der Waals surface area contributed by atoms with E-state index in [-0.39, 0.29) is 12.3 Å². The van der Waals surface area contributed by atoms with E-state index in [0.29, 0.717) is 22.7 Å². The van der Waals surface area contributed by atoms with E-state index >= 15 is 0 Å². The van der Waals surface area contributed by atoms with E-state index in [1.54, 1.807) is 35.6 Å². The highest BCUT2D eigenvalue weighted by molar-refractivity contribution is 7.89. The Kier molecular flexibility index (Phi) is 3.09. The molecule has 4 rings (SSSR count). The molecule has 1 aliphatic carbocycles. The molecule has 1 saturated carbocycles. The maximum Gasteiger partial charge on any atom is 0.268 e. The molecule has 0 atom stereocenters. The van der Waals surface area contributed by atoms with E-state index in [1.165, 1.54) is 0 Å². The van der Waals surface area contributed by atoms with Gasteiger partial charge in [-0.2, -0.15) is 0 Å². The molecule has 1 aromatic carbocycles. The molecule has 2 aliphatic rings. The number of rotatable bonds is 3. The molecule has 1 amide bonds. The summed E-state index contributed by atoms with van der Waals surface area (Å²) in [5.41, 5.74) is 1.69. The van der Waals surface area contributed by atoms with Gasteiger partial charge in [0.25, 0.3) is 5.91 Å². The van der Waals surface area contributed by atoms with Gasteiger partial charge in [0.1, 0.15) is 0 Å². The first-order chi connectivity index (χ1) is 10.5. The number of fused-ring (bicyclic) bond motifs is 1. The number of hydrogen-bond acceptors (Lipinski definition) is 5. The van der Waals surface area contributed by atoms with Gasteiger partial charge in [-0.15, -0.1) is 11.3 Å². The number of carbonyl (C=O) groups excluding carboxylic acids is 1. The monoisotopic (exact) mass is 334 g/mol. The number of aromatic nitrogens is 1. The van der Waals surface area contributed by atoms with Gasteiger partial charge in [-0.05, 0) is 24.5 Å². The van der Waals surface area contributed by atoms with Crippen LogP contribution in [0.4, 0.5) is 0 Å². The quantitative estimate of drug-likeness (QED) is 0.865. The molecule has 0 bridgehead atoms. The van der Waals surface area contributed by atoms with Crippen LogP contribution >= 0.6 is 11.3 Å². The fraction of sp³-hybridized carbons (Fsp3) is 0.333. The van der Waals surface area contributed by atoms with E-state index in [1.807, 2.05) is 5.38 Å². The van der Waals surface area contributed by atoms with Crippen LogP contribution in [0.25, 0.3) is 0 Å². The lowest BCUT2D eigenvalue weighted by Crippen LogP contribution is -2.41. The van der Waals surface area contributed by atoms with Crippen molar-refractivity contribution in [2.75, 3.05) is 0 Å². The first-order valence-electron chi connectivity index (χ1n) is 7.11.